The van der Waals surface area contributed by atoms with E-state index in [0.29, 0.717) is 18.0 Å². The van der Waals surface area contributed by atoms with Gasteiger partial charge in [-0.3, -0.25) is 9.69 Å². The smallest absolute Gasteiger partial charge is 0.338 e. The summed E-state index contributed by atoms with van der Waals surface area (Å²) in [5.41, 5.74) is 0.511. The van der Waals surface area contributed by atoms with Crippen LogP contribution in [0.1, 0.15) is 29.6 Å². The van der Waals surface area contributed by atoms with Crippen LogP contribution in [0.2, 0.25) is 0 Å². The molecule has 1 aromatic rings. The Bertz CT molecular complexity index is 565. The largest absolute Gasteiger partial charge is 0.469 e. The van der Waals surface area contributed by atoms with E-state index in [1.54, 1.807) is 24.3 Å². The molecule has 2 aliphatic rings. The number of methoxy groups -OCH3 is 1. The summed E-state index contributed by atoms with van der Waals surface area (Å²) < 4.78 is 10.6. The molecule has 132 valence electrons. The number of hydrogen-bond acceptors (Lipinski definition) is 5. The third-order valence-electron chi connectivity index (χ3n) is 4.96. The van der Waals surface area contributed by atoms with Gasteiger partial charge in [-0.1, -0.05) is 40.8 Å². The molecule has 2 fully saturated rings. The average molecular weight is 445 g/mol. The fourth-order valence-electron chi connectivity index (χ4n) is 3.77. The van der Waals surface area contributed by atoms with Gasteiger partial charge in [-0.05, 0) is 37.0 Å². The maximum atomic E-state index is 12.3. The van der Waals surface area contributed by atoms with E-state index < -0.39 is 12.0 Å². The molecule has 6 heteroatoms. The van der Waals surface area contributed by atoms with Gasteiger partial charge in [0.05, 0.1) is 12.7 Å². The Labute approximate surface area is 156 Å². The fourth-order valence-corrected chi connectivity index (χ4v) is 3.77. The van der Waals surface area contributed by atoms with Crippen LogP contribution < -0.4 is 0 Å². The first-order valence-electron chi connectivity index (χ1n) is 8.05. The molecule has 0 aliphatic carbocycles. The summed E-state index contributed by atoms with van der Waals surface area (Å²) in [6.45, 7) is 0. The van der Waals surface area contributed by atoms with Crippen LogP contribution in [0, 0.1) is 5.92 Å². The molecule has 2 bridgehead atoms. The lowest BCUT2D eigenvalue weighted by Crippen LogP contribution is -2.53. The first-order valence-corrected chi connectivity index (χ1v) is 10.2. The second kappa shape index (κ2) is 8.80. The highest BCUT2D eigenvalue weighted by molar-refractivity contribution is 14.1. The molecule has 3 rings (SSSR count). The molecular formula is C18H24INO4. The number of benzene rings is 1. The Morgan fingerprint density at radius 2 is 1.83 bits per heavy atom. The summed E-state index contributed by atoms with van der Waals surface area (Å²) in [5, 5.41) is 0. The monoisotopic (exact) mass is 445 g/mol. The standard InChI is InChI=1S/C17H21NO4.CH3I/c1-18-12-8-9-13(18)15(17(20)21-2)14(10-12)22-16(19)11-6-4-3-5-7-11;1-2/h3-7,12-15H,8-10H2,1-2H3;1H3/t12?,13?,14-,15+;/m0./s1. The number of alkyl halides is 1. The van der Waals surface area contributed by atoms with Gasteiger partial charge < -0.3 is 9.47 Å². The Balaban J connectivity index is 0.00000100. The first kappa shape index (κ1) is 19.2. The molecule has 2 heterocycles. The van der Waals surface area contributed by atoms with Crippen molar-refractivity contribution in [1.82, 2.24) is 4.90 Å². The molecule has 2 aliphatic heterocycles. The molecule has 5 nitrogen and oxygen atoms in total. The lowest BCUT2D eigenvalue weighted by atomic mass is 9.87. The maximum Gasteiger partial charge on any atom is 0.338 e. The van der Waals surface area contributed by atoms with Gasteiger partial charge >= 0.3 is 11.9 Å². The van der Waals surface area contributed by atoms with Gasteiger partial charge in [0.1, 0.15) is 12.0 Å². The van der Waals surface area contributed by atoms with Crippen LogP contribution >= 0.6 is 22.6 Å². The number of hydrogen-bond donors (Lipinski definition) is 0. The summed E-state index contributed by atoms with van der Waals surface area (Å²) in [6.07, 6.45) is 2.26. The molecule has 1 aromatic carbocycles. The molecule has 2 unspecified atom stereocenters. The number of ether oxygens (including phenoxy) is 2. The molecule has 4 atom stereocenters. The predicted octanol–water partition coefficient (Wildman–Crippen LogP) is 2.92. The Morgan fingerprint density at radius 1 is 1.17 bits per heavy atom. The van der Waals surface area contributed by atoms with E-state index in [4.69, 9.17) is 9.47 Å². The normalized spacial score (nSPS) is 28.5. The van der Waals surface area contributed by atoms with Gasteiger partial charge in [-0.25, -0.2) is 4.79 Å². The van der Waals surface area contributed by atoms with Crippen molar-refractivity contribution in [2.24, 2.45) is 5.92 Å². The number of piperidine rings is 1. The van der Waals surface area contributed by atoms with Gasteiger partial charge in [-0.15, -0.1) is 0 Å². The number of fused-ring (bicyclic) bond motifs is 2. The number of rotatable bonds is 3. The van der Waals surface area contributed by atoms with Crippen LogP contribution in [-0.4, -0.2) is 54.1 Å². The Kier molecular flexibility index (Phi) is 7.03. The molecule has 0 radical (unpaired) electrons. The highest BCUT2D eigenvalue weighted by atomic mass is 127. The topological polar surface area (TPSA) is 55.8 Å². The van der Waals surface area contributed by atoms with Crippen molar-refractivity contribution in [1.29, 1.82) is 0 Å². The van der Waals surface area contributed by atoms with Gasteiger partial charge in [0.2, 0.25) is 0 Å². The average Bonchev–Trinajstić information content (AvgIpc) is 2.86. The minimum absolute atomic E-state index is 0.0970. The van der Waals surface area contributed by atoms with Crippen molar-refractivity contribution in [2.45, 2.75) is 37.5 Å². The molecule has 0 aromatic heterocycles. The molecule has 24 heavy (non-hydrogen) atoms. The van der Waals surface area contributed by atoms with E-state index in [9.17, 15) is 9.59 Å². The Hall–Kier alpha value is -1.15. The summed E-state index contributed by atoms with van der Waals surface area (Å²) in [4.78, 5) is 28.7. The second-order valence-electron chi connectivity index (χ2n) is 6.06. The van der Waals surface area contributed by atoms with Crippen LogP contribution in [-0.2, 0) is 14.3 Å². The lowest BCUT2D eigenvalue weighted by Gasteiger charge is -2.40. The van der Waals surface area contributed by atoms with Crippen molar-refractivity contribution >= 4 is 34.5 Å². The molecular weight excluding hydrogens is 421 g/mol. The minimum atomic E-state index is -0.408. The fraction of sp³-hybridized carbons (Fsp3) is 0.556. The molecule has 0 amide bonds. The van der Waals surface area contributed by atoms with E-state index in [1.807, 2.05) is 18.0 Å². The third-order valence-corrected chi connectivity index (χ3v) is 4.96. The van der Waals surface area contributed by atoms with E-state index in [1.165, 1.54) is 7.11 Å². The minimum Gasteiger partial charge on any atom is -0.469 e. The maximum absolute atomic E-state index is 12.3. The second-order valence-corrected chi connectivity index (χ2v) is 6.06. The molecule has 0 N–H and O–H groups in total. The number of halogens is 1. The van der Waals surface area contributed by atoms with Crippen LogP contribution in [0.25, 0.3) is 0 Å². The number of carbonyl (C=O) groups is 2. The number of carbonyl (C=O) groups excluding carboxylic acids is 2. The number of nitrogens with zero attached hydrogens (tertiary/aromatic N) is 1. The van der Waals surface area contributed by atoms with Gasteiger partial charge in [0, 0.05) is 18.5 Å². The quantitative estimate of drug-likeness (QED) is 0.407. The SMILES string of the molecule is CI.COC(=O)[C@@H]1C2CCC(C[C@@H]1OC(=O)c1ccccc1)N2C. The van der Waals surface area contributed by atoms with Gasteiger partial charge in [0.25, 0.3) is 0 Å². The summed E-state index contributed by atoms with van der Waals surface area (Å²) in [6, 6.07) is 9.36. The zero-order valence-corrected chi connectivity index (χ0v) is 16.4. The van der Waals surface area contributed by atoms with Crippen LogP contribution in [0.5, 0.6) is 0 Å². The lowest BCUT2D eigenvalue weighted by molar-refractivity contribution is -0.156. The molecule has 0 saturated carbocycles. The van der Waals surface area contributed by atoms with Crippen LogP contribution in [0.3, 0.4) is 0 Å². The van der Waals surface area contributed by atoms with Crippen molar-refractivity contribution in [3.63, 3.8) is 0 Å². The van der Waals surface area contributed by atoms with E-state index in [-0.39, 0.29) is 18.0 Å². The van der Waals surface area contributed by atoms with Gasteiger partial charge in [0.15, 0.2) is 0 Å². The Morgan fingerprint density at radius 3 is 2.46 bits per heavy atom. The summed E-state index contributed by atoms with van der Waals surface area (Å²) in [7, 11) is 3.42. The highest BCUT2D eigenvalue weighted by Crippen LogP contribution is 2.40. The summed E-state index contributed by atoms with van der Waals surface area (Å²) in [5.74, 6) is -1.06. The van der Waals surface area contributed by atoms with Crippen LogP contribution in [0.15, 0.2) is 30.3 Å². The zero-order valence-electron chi connectivity index (χ0n) is 14.3. The summed E-state index contributed by atoms with van der Waals surface area (Å²) >= 11 is 2.15. The third kappa shape index (κ3) is 3.91. The molecule has 0 spiro atoms. The zero-order chi connectivity index (χ0) is 17.7. The molecule has 2 saturated heterocycles. The van der Waals surface area contributed by atoms with E-state index >= 15 is 0 Å². The number of esters is 2. The van der Waals surface area contributed by atoms with E-state index in [0.717, 1.165) is 12.8 Å². The first-order chi connectivity index (χ1) is 11.6. The van der Waals surface area contributed by atoms with Crippen molar-refractivity contribution in [2.75, 3.05) is 19.1 Å². The van der Waals surface area contributed by atoms with Crippen LogP contribution in [0.4, 0.5) is 0 Å². The van der Waals surface area contributed by atoms with Gasteiger partial charge in [-0.2, -0.15) is 0 Å². The highest BCUT2D eigenvalue weighted by Gasteiger charge is 2.50. The van der Waals surface area contributed by atoms with Crippen molar-refractivity contribution < 1.29 is 19.1 Å². The van der Waals surface area contributed by atoms with Crippen molar-refractivity contribution in [3.8, 4) is 0 Å². The van der Waals surface area contributed by atoms with E-state index in [2.05, 4.69) is 27.5 Å². The van der Waals surface area contributed by atoms with Crippen molar-refractivity contribution in [3.05, 3.63) is 35.9 Å². The predicted molar refractivity (Wildman–Crippen MR) is 100 cm³/mol.